The molecule has 1 N–H and O–H groups in total. The molecule has 2 atom stereocenters. The van der Waals surface area contributed by atoms with E-state index in [9.17, 15) is 5.11 Å². The van der Waals surface area contributed by atoms with E-state index in [0.29, 0.717) is 30.9 Å². The summed E-state index contributed by atoms with van der Waals surface area (Å²) in [6.07, 6.45) is 2.60. The van der Waals surface area contributed by atoms with Gasteiger partial charge in [0, 0.05) is 18.0 Å². The van der Waals surface area contributed by atoms with Crippen LogP contribution in [0.4, 0.5) is 0 Å². The maximum absolute atomic E-state index is 10.3. The highest BCUT2D eigenvalue weighted by Gasteiger charge is 2.28. The molecule has 0 saturated carbocycles. The van der Waals surface area contributed by atoms with Crippen molar-refractivity contribution in [2.45, 2.75) is 44.6 Å². The molecule has 1 aliphatic rings. The minimum absolute atomic E-state index is 0.356. The summed E-state index contributed by atoms with van der Waals surface area (Å²) in [6.45, 7) is 2.01. The maximum atomic E-state index is 10.3. The van der Waals surface area contributed by atoms with E-state index in [1.165, 1.54) is 0 Å². The topological polar surface area (TPSA) is 71.6 Å². The Balaban J connectivity index is 1.58. The van der Waals surface area contributed by atoms with Crippen LogP contribution in [0.1, 0.15) is 42.0 Å². The van der Waals surface area contributed by atoms with E-state index in [4.69, 9.17) is 9.26 Å². The summed E-state index contributed by atoms with van der Waals surface area (Å²) in [5.41, 5.74) is 0. The number of nitrogens with zero attached hydrogens (tertiary/aromatic N) is 3. The van der Waals surface area contributed by atoms with Crippen molar-refractivity contribution in [3.63, 3.8) is 0 Å². The fourth-order valence-electron chi connectivity index (χ4n) is 2.94. The van der Waals surface area contributed by atoms with Crippen molar-refractivity contribution >= 4 is 11.3 Å². The predicted molar refractivity (Wildman–Crippen MR) is 82.3 cm³/mol. The first-order valence-corrected chi connectivity index (χ1v) is 8.40. The summed E-state index contributed by atoms with van der Waals surface area (Å²) < 4.78 is 10.3. The number of aliphatic hydroxyl groups excluding tert-OH is 1. The van der Waals surface area contributed by atoms with Crippen LogP contribution in [0.5, 0.6) is 0 Å². The van der Waals surface area contributed by atoms with Gasteiger partial charge in [-0.3, -0.25) is 4.90 Å². The standard InChI is InChI=1S/C15H21N3O3S/c1-20-10-14-16-15(21-17-14)9-18-6-2-4-11(18)8-12(19)13-5-3-7-22-13/h3,5,7,11-12,19H,2,4,6,8-10H2,1H3. The molecule has 3 rings (SSSR count). The van der Waals surface area contributed by atoms with Crippen molar-refractivity contribution in [1.29, 1.82) is 0 Å². The number of aliphatic hydroxyl groups is 1. The van der Waals surface area contributed by atoms with E-state index in [2.05, 4.69) is 15.0 Å². The number of likely N-dealkylation sites (tertiary alicyclic amines) is 1. The van der Waals surface area contributed by atoms with Crippen molar-refractivity contribution in [3.8, 4) is 0 Å². The molecule has 7 heteroatoms. The highest BCUT2D eigenvalue weighted by Crippen LogP contribution is 2.30. The average Bonchev–Trinajstić information content (AvgIpc) is 3.23. The average molecular weight is 323 g/mol. The molecule has 120 valence electrons. The van der Waals surface area contributed by atoms with E-state index < -0.39 is 6.10 Å². The van der Waals surface area contributed by atoms with Gasteiger partial charge in [-0.1, -0.05) is 11.2 Å². The van der Waals surface area contributed by atoms with Gasteiger partial charge in [-0.2, -0.15) is 4.98 Å². The Morgan fingerprint density at radius 1 is 1.59 bits per heavy atom. The minimum atomic E-state index is -0.391. The molecular weight excluding hydrogens is 302 g/mol. The molecule has 22 heavy (non-hydrogen) atoms. The van der Waals surface area contributed by atoms with Gasteiger partial charge < -0.3 is 14.4 Å². The number of hydrogen-bond donors (Lipinski definition) is 1. The van der Waals surface area contributed by atoms with Gasteiger partial charge in [-0.15, -0.1) is 11.3 Å². The Morgan fingerprint density at radius 3 is 3.27 bits per heavy atom. The van der Waals surface area contributed by atoms with Gasteiger partial charge in [0.25, 0.3) is 0 Å². The third kappa shape index (κ3) is 3.73. The number of ether oxygens (including phenoxy) is 1. The van der Waals surface area contributed by atoms with Crippen LogP contribution in [0.25, 0.3) is 0 Å². The number of methoxy groups -OCH3 is 1. The fraction of sp³-hybridized carbons (Fsp3) is 0.600. The first-order chi connectivity index (χ1) is 10.8. The van der Waals surface area contributed by atoms with Crippen LogP contribution in [0.3, 0.4) is 0 Å². The van der Waals surface area contributed by atoms with Gasteiger partial charge in [0.05, 0.1) is 12.6 Å². The first-order valence-electron chi connectivity index (χ1n) is 7.52. The predicted octanol–water partition coefficient (Wildman–Crippen LogP) is 2.37. The Hall–Kier alpha value is -1.28. The number of hydrogen-bond acceptors (Lipinski definition) is 7. The zero-order chi connectivity index (χ0) is 15.4. The van der Waals surface area contributed by atoms with E-state index >= 15 is 0 Å². The molecule has 0 spiro atoms. The van der Waals surface area contributed by atoms with Crippen molar-refractivity contribution in [3.05, 3.63) is 34.1 Å². The third-order valence-corrected chi connectivity index (χ3v) is 4.96. The first kappa shape index (κ1) is 15.6. The molecule has 0 amide bonds. The SMILES string of the molecule is COCc1noc(CN2CCCC2CC(O)c2cccs2)n1. The summed E-state index contributed by atoms with van der Waals surface area (Å²) in [4.78, 5) is 7.68. The lowest BCUT2D eigenvalue weighted by atomic mass is 10.1. The van der Waals surface area contributed by atoms with Crippen molar-refractivity contribution < 1.29 is 14.4 Å². The molecule has 0 aromatic carbocycles. The molecule has 6 nitrogen and oxygen atoms in total. The van der Waals surface area contributed by atoms with Gasteiger partial charge in [-0.25, -0.2) is 0 Å². The van der Waals surface area contributed by atoms with Crippen molar-refractivity contribution in [1.82, 2.24) is 15.0 Å². The summed E-state index contributed by atoms with van der Waals surface area (Å²) in [7, 11) is 1.61. The van der Waals surface area contributed by atoms with Crippen LogP contribution in [-0.2, 0) is 17.9 Å². The summed E-state index contributed by atoms with van der Waals surface area (Å²) in [5.74, 6) is 1.19. The second-order valence-corrected chi connectivity index (χ2v) is 6.55. The molecular formula is C15H21N3O3S. The van der Waals surface area contributed by atoms with Gasteiger partial charge in [0.1, 0.15) is 6.61 Å². The number of thiophene rings is 1. The van der Waals surface area contributed by atoms with E-state index in [1.54, 1.807) is 18.4 Å². The smallest absolute Gasteiger partial charge is 0.240 e. The largest absolute Gasteiger partial charge is 0.388 e. The molecule has 1 aliphatic heterocycles. The van der Waals surface area contributed by atoms with Gasteiger partial charge in [-0.05, 0) is 37.3 Å². The molecule has 1 fully saturated rings. The monoisotopic (exact) mass is 323 g/mol. The summed E-state index contributed by atoms with van der Waals surface area (Å²) >= 11 is 1.61. The van der Waals surface area contributed by atoms with Crippen LogP contribution in [0, 0.1) is 0 Å². The lowest BCUT2D eigenvalue weighted by Crippen LogP contribution is -2.30. The number of rotatable bonds is 7. The van der Waals surface area contributed by atoms with Crippen molar-refractivity contribution in [2.24, 2.45) is 0 Å². The van der Waals surface area contributed by atoms with Crippen molar-refractivity contribution in [2.75, 3.05) is 13.7 Å². The Morgan fingerprint density at radius 2 is 2.50 bits per heavy atom. The quantitative estimate of drug-likeness (QED) is 0.843. The van der Waals surface area contributed by atoms with Gasteiger partial charge in [0.2, 0.25) is 5.89 Å². The van der Waals surface area contributed by atoms with E-state index in [0.717, 1.165) is 30.7 Å². The highest BCUT2D eigenvalue weighted by atomic mass is 32.1. The Kier molecular flexibility index (Phi) is 5.20. The molecule has 0 radical (unpaired) electrons. The third-order valence-electron chi connectivity index (χ3n) is 3.99. The fourth-order valence-corrected chi connectivity index (χ4v) is 3.67. The molecule has 2 aromatic heterocycles. The maximum Gasteiger partial charge on any atom is 0.240 e. The molecule has 0 bridgehead atoms. The molecule has 0 aliphatic carbocycles. The van der Waals surface area contributed by atoms with E-state index in [-0.39, 0.29) is 0 Å². The molecule has 3 heterocycles. The summed E-state index contributed by atoms with van der Waals surface area (Å²) in [5, 5.41) is 16.2. The molecule has 2 aromatic rings. The second kappa shape index (κ2) is 7.32. The second-order valence-electron chi connectivity index (χ2n) is 5.57. The van der Waals surface area contributed by atoms with E-state index in [1.807, 2.05) is 17.5 Å². The highest BCUT2D eigenvalue weighted by molar-refractivity contribution is 7.10. The minimum Gasteiger partial charge on any atom is -0.388 e. The molecule has 1 saturated heterocycles. The lowest BCUT2D eigenvalue weighted by Gasteiger charge is -2.24. The zero-order valence-corrected chi connectivity index (χ0v) is 13.5. The van der Waals surface area contributed by atoms with Gasteiger partial charge >= 0.3 is 0 Å². The Labute approximate surface area is 133 Å². The van der Waals surface area contributed by atoms with Gasteiger partial charge in [0.15, 0.2) is 5.82 Å². The Bertz CT molecular complexity index is 572. The molecule has 2 unspecified atom stereocenters. The number of aromatic nitrogens is 2. The van der Waals surface area contributed by atoms with Crippen LogP contribution in [0.15, 0.2) is 22.0 Å². The van der Waals surface area contributed by atoms with Crippen LogP contribution in [-0.4, -0.2) is 39.8 Å². The van der Waals surface area contributed by atoms with Crippen LogP contribution >= 0.6 is 11.3 Å². The van der Waals surface area contributed by atoms with Crippen LogP contribution < -0.4 is 0 Å². The zero-order valence-electron chi connectivity index (χ0n) is 12.6. The normalized spacial score (nSPS) is 20.5. The summed E-state index contributed by atoms with van der Waals surface area (Å²) in [6, 6.07) is 4.32. The van der Waals surface area contributed by atoms with Crippen LogP contribution in [0.2, 0.25) is 0 Å². The lowest BCUT2D eigenvalue weighted by molar-refractivity contribution is 0.114.